The summed E-state index contributed by atoms with van der Waals surface area (Å²) in [7, 11) is 0. The first-order chi connectivity index (χ1) is 10.5. The first kappa shape index (κ1) is 15.4. The maximum Gasteiger partial charge on any atom is 0.227 e. The van der Waals surface area contributed by atoms with Gasteiger partial charge in [-0.3, -0.25) is 4.79 Å². The van der Waals surface area contributed by atoms with Gasteiger partial charge in [-0.2, -0.15) is 0 Å². The van der Waals surface area contributed by atoms with E-state index in [9.17, 15) is 4.79 Å². The Bertz CT molecular complexity index is 559. The highest BCUT2D eigenvalue weighted by molar-refractivity contribution is 5.79. The highest BCUT2D eigenvalue weighted by Crippen LogP contribution is 2.40. The first-order valence-corrected chi connectivity index (χ1v) is 8.36. The summed E-state index contributed by atoms with van der Waals surface area (Å²) < 4.78 is 0. The number of nitrogens with two attached hydrogens (primary N) is 1. The highest BCUT2D eigenvalue weighted by atomic mass is 16.2. The van der Waals surface area contributed by atoms with Crippen LogP contribution in [-0.2, 0) is 17.6 Å². The minimum Gasteiger partial charge on any atom is -0.340 e. The zero-order valence-electron chi connectivity index (χ0n) is 13.8. The van der Waals surface area contributed by atoms with Gasteiger partial charge in [0.2, 0.25) is 5.91 Å². The number of nitrogens with zero attached hydrogens (tertiary/aromatic N) is 3. The average Bonchev–Trinajstić information content (AvgIpc) is 3.25. The summed E-state index contributed by atoms with van der Waals surface area (Å²) in [4.78, 5) is 23.6. The van der Waals surface area contributed by atoms with Gasteiger partial charge in [0, 0.05) is 42.5 Å². The second-order valence-electron chi connectivity index (χ2n) is 6.78. The number of aryl methyl sites for hydroxylation is 3. The van der Waals surface area contributed by atoms with Gasteiger partial charge in [0.25, 0.3) is 0 Å². The Balaban J connectivity index is 1.69. The summed E-state index contributed by atoms with van der Waals surface area (Å²) in [5, 5.41) is 0. The van der Waals surface area contributed by atoms with Gasteiger partial charge in [-0.05, 0) is 38.5 Å². The van der Waals surface area contributed by atoms with E-state index in [1.807, 2.05) is 25.7 Å². The van der Waals surface area contributed by atoms with Gasteiger partial charge in [0.15, 0.2) is 0 Å². The summed E-state index contributed by atoms with van der Waals surface area (Å²) in [5.41, 5.74) is 9.06. The molecular formula is C17H26N4O. The molecule has 2 heterocycles. The molecular weight excluding hydrogens is 276 g/mol. The van der Waals surface area contributed by atoms with Crippen molar-refractivity contribution >= 4 is 5.91 Å². The van der Waals surface area contributed by atoms with Crippen LogP contribution in [0.25, 0.3) is 0 Å². The lowest BCUT2D eigenvalue weighted by atomic mass is 9.99. The third-order valence-electron chi connectivity index (χ3n) is 5.10. The van der Waals surface area contributed by atoms with Gasteiger partial charge >= 0.3 is 0 Å². The van der Waals surface area contributed by atoms with Crippen LogP contribution in [0.2, 0.25) is 0 Å². The molecule has 120 valence electrons. The largest absolute Gasteiger partial charge is 0.340 e. The van der Waals surface area contributed by atoms with Gasteiger partial charge in [0.05, 0.1) is 6.42 Å². The van der Waals surface area contributed by atoms with Crippen LogP contribution in [-0.4, -0.2) is 39.9 Å². The van der Waals surface area contributed by atoms with Crippen molar-refractivity contribution in [3.8, 4) is 0 Å². The third kappa shape index (κ3) is 3.00. The Morgan fingerprint density at radius 3 is 2.41 bits per heavy atom. The number of hydrogen-bond acceptors (Lipinski definition) is 4. The molecule has 2 aliphatic rings. The molecule has 5 heteroatoms. The lowest BCUT2D eigenvalue weighted by Gasteiger charge is -2.18. The second-order valence-corrected chi connectivity index (χ2v) is 6.78. The number of hydrogen-bond donors (Lipinski definition) is 1. The molecule has 1 aliphatic carbocycles. The van der Waals surface area contributed by atoms with Crippen LogP contribution in [0.3, 0.4) is 0 Å². The third-order valence-corrected chi connectivity index (χ3v) is 5.10. The molecule has 5 nitrogen and oxygen atoms in total. The second kappa shape index (κ2) is 5.95. The highest BCUT2D eigenvalue weighted by Gasteiger charge is 2.42. The Labute approximate surface area is 132 Å². The zero-order valence-corrected chi connectivity index (χ0v) is 13.8. The Morgan fingerprint density at radius 2 is 1.86 bits per heavy atom. The topological polar surface area (TPSA) is 72.1 Å². The average molecular weight is 302 g/mol. The molecule has 0 unspecified atom stereocenters. The van der Waals surface area contributed by atoms with Crippen LogP contribution < -0.4 is 5.73 Å². The molecule has 0 bridgehead atoms. The first-order valence-electron chi connectivity index (χ1n) is 8.36. The lowest BCUT2D eigenvalue weighted by Crippen LogP contribution is -2.33. The molecule has 22 heavy (non-hydrogen) atoms. The maximum atomic E-state index is 12.6. The molecule has 0 radical (unpaired) electrons. The molecule has 1 aromatic rings. The van der Waals surface area contributed by atoms with Gasteiger partial charge in [-0.25, -0.2) is 9.97 Å². The van der Waals surface area contributed by atoms with E-state index in [2.05, 4.69) is 9.97 Å². The van der Waals surface area contributed by atoms with Crippen molar-refractivity contribution < 1.29 is 4.79 Å². The van der Waals surface area contributed by atoms with Crippen LogP contribution >= 0.6 is 0 Å². The Hall–Kier alpha value is -1.49. The Morgan fingerprint density at radius 1 is 1.23 bits per heavy atom. The number of amides is 1. The number of carbonyl (C=O) groups excluding carboxylic acids is 1. The minimum absolute atomic E-state index is 0.150. The molecule has 0 spiro atoms. The SMILES string of the molecule is CCc1nc(C)c(CC(=O)N2C[C@@H](N)[C@H](C3CC3)C2)c(C)n1. The number of aromatic nitrogens is 2. The van der Waals surface area contributed by atoms with E-state index in [4.69, 9.17) is 5.73 Å². The molecule has 1 saturated heterocycles. The van der Waals surface area contributed by atoms with Gasteiger partial charge in [0.1, 0.15) is 5.82 Å². The van der Waals surface area contributed by atoms with Crippen LogP contribution in [0.1, 0.15) is 42.5 Å². The van der Waals surface area contributed by atoms with Crippen molar-refractivity contribution in [2.45, 2.75) is 52.5 Å². The molecule has 3 rings (SSSR count). The number of rotatable bonds is 4. The molecule has 0 aromatic carbocycles. The van der Waals surface area contributed by atoms with Crippen molar-refractivity contribution in [1.29, 1.82) is 0 Å². The van der Waals surface area contributed by atoms with E-state index in [1.54, 1.807) is 0 Å². The summed E-state index contributed by atoms with van der Waals surface area (Å²) in [6.45, 7) is 7.52. The van der Waals surface area contributed by atoms with Crippen LogP contribution in [0.5, 0.6) is 0 Å². The predicted molar refractivity (Wildman–Crippen MR) is 85.4 cm³/mol. The fourth-order valence-electron chi connectivity index (χ4n) is 3.57. The van der Waals surface area contributed by atoms with Crippen molar-refractivity contribution in [3.63, 3.8) is 0 Å². The summed E-state index contributed by atoms with van der Waals surface area (Å²) in [6.07, 6.45) is 3.78. The maximum absolute atomic E-state index is 12.6. The van der Waals surface area contributed by atoms with Gasteiger partial charge < -0.3 is 10.6 Å². The van der Waals surface area contributed by atoms with Crippen molar-refractivity contribution in [3.05, 3.63) is 22.8 Å². The minimum atomic E-state index is 0.150. The smallest absolute Gasteiger partial charge is 0.227 e. The molecule has 1 aliphatic heterocycles. The lowest BCUT2D eigenvalue weighted by molar-refractivity contribution is -0.129. The standard InChI is InChI=1S/C17H26N4O/c1-4-16-19-10(2)13(11(3)20-16)7-17(22)21-8-14(12-5-6-12)15(18)9-21/h12,14-15H,4-9,18H2,1-3H3/t14-,15+/m0/s1. The van der Waals surface area contributed by atoms with E-state index in [-0.39, 0.29) is 11.9 Å². The van der Waals surface area contributed by atoms with Gasteiger partial charge in [-0.1, -0.05) is 6.92 Å². The fourth-order valence-corrected chi connectivity index (χ4v) is 3.57. The molecule has 1 saturated carbocycles. The van der Waals surface area contributed by atoms with E-state index < -0.39 is 0 Å². The Kier molecular flexibility index (Phi) is 4.17. The summed E-state index contributed by atoms with van der Waals surface area (Å²) in [5.74, 6) is 2.27. The number of likely N-dealkylation sites (tertiary alicyclic amines) is 1. The van der Waals surface area contributed by atoms with E-state index >= 15 is 0 Å². The molecule has 2 N–H and O–H groups in total. The quantitative estimate of drug-likeness (QED) is 0.912. The fraction of sp³-hybridized carbons (Fsp3) is 0.706. The van der Waals surface area contributed by atoms with Crippen LogP contribution in [0.4, 0.5) is 0 Å². The van der Waals surface area contributed by atoms with Crippen LogP contribution in [0, 0.1) is 25.7 Å². The summed E-state index contributed by atoms with van der Waals surface area (Å²) >= 11 is 0. The van der Waals surface area contributed by atoms with Crippen LogP contribution in [0.15, 0.2) is 0 Å². The van der Waals surface area contributed by atoms with Crippen molar-refractivity contribution in [2.24, 2.45) is 17.6 Å². The van der Waals surface area contributed by atoms with Crippen molar-refractivity contribution in [2.75, 3.05) is 13.1 Å². The molecule has 1 amide bonds. The molecule has 2 atom stereocenters. The van der Waals surface area contributed by atoms with Gasteiger partial charge in [-0.15, -0.1) is 0 Å². The summed E-state index contributed by atoms with van der Waals surface area (Å²) in [6, 6.07) is 0.150. The molecule has 1 aromatic heterocycles. The van der Waals surface area contributed by atoms with E-state index in [1.165, 1.54) is 12.8 Å². The normalized spacial score (nSPS) is 24.8. The molecule has 2 fully saturated rings. The zero-order chi connectivity index (χ0) is 15.9. The monoisotopic (exact) mass is 302 g/mol. The predicted octanol–water partition coefficient (Wildman–Crippen LogP) is 1.39. The van der Waals surface area contributed by atoms with E-state index in [0.29, 0.717) is 18.9 Å². The van der Waals surface area contributed by atoms with Crippen molar-refractivity contribution in [1.82, 2.24) is 14.9 Å². The number of carbonyl (C=O) groups is 1. The van der Waals surface area contributed by atoms with E-state index in [0.717, 1.165) is 41.7 Å².